The highest BCUT2D eigenvalue weighted by atomic mass is 32.2. The summed E-state index contributed by atoms with van der Waals surface area (Å²) < 4.78 is 26.1. The van der Waals surface area contributed by atoms with Crippen LogP contribution in [0.4, 0.5) is 21.3 Å². The predicted octanol–water partition coefficient (Wildman–Crippen LogP) is 3.36. The monoisotopic (exact) mass is 437 g/mol. The van der Waals surface area contributed by atoms with Crippen LogP contribution in [0.5, 0.6) is 0 Å². The average molecular weight is 438 g/mol. The average Bonchev–Trinajstić information content (AvgIpc) is 3.11. The third-order valence-corrected chi connectivity index (χ3v) is 8.52. The summed E-state index contributed by atoms with van der Waals surface area (Å²) in [7, 11) is 0.918. The molecule has 0 saturated carbocycles. The Morgan fingerprint density at radius 2 is 1.72 bits per heavy atom. The fourth-order valence-corrected chi connectivity index (χ4v) is 5.72. The lowest BCUT2D eigenvalue weighted by Gasteiger charge is -2.28. The van der Waals surface area contributed by atoms with Crippen LogP contribution in [-0.2, 0) is 10.0 Å². The molecule has 0 radical (unpaired) electrons. The maximum Gasteiger partial charge on any atom is 0.327 e. The first-order valence-electron chi connectivity index (χ1n) is 9.50. The highest BCUT2D eigenvalue weighted by Crippen LogP contribution is 2.31. The Bertz CT molecular complexity index is 964. The number of nitrogens with zero attached hydrogens (tertiary/aromatic N) is 4. The Kier molecular flexibility index (Phi) is 6.45. The van der Waals surface area contributed by atoms with E-state index in [0.29, 0.717) is 16.5 Å². The SMILES string of the molecule is Cc1nc(N(C)C(=O)Nc2ccc(N3CCCCC3)cc2)sc1S(=O)(=O)N(C)C. The first-order valence-corrected chi connectivity index (χ1v) is 11.8. The second-order valence-electron chi connectivity index (χ2n) is 7.24. The lowest BCUT2D eigenvalue weighted by Crippen LogP contribution is -2.31. The number of nitrogens with one attached hydrogen (secondary N) is 1. The number of sulfonamides is 1. The van der Waals surface area contributed by atoms with E-state index < -0.39 is 10.0 Å². The molecule has 0 spiro atoms. The zero-order chi connectivity index (χ0) is 21.2. The number of hydrogen-bond donors (Lipinski definition) is 1. The Labute approximate surface area is 176 Å². The second kappa shape index (κ2) is 8.68. The number of urea groups is 1. The van der Waals surface area contributed by atoms with Crippen LogP contribution in [0.15, 0.2) is 28.5 Å². The smallest absolute Gasteiger partial charge is 0.327 e. The highest BCUT2D eigenvalue weighted by molar-refractivity contribution is 7.91. The van der Waals surface area contributed by atoms with E-state index in [4.69, 9.17) is 0 Å². The first-order chi connectivity index (χ1) is 13.7. The van der Waals surface area contributed by atoms with Gasteiger partial charge in [0, 0.05) is 45.6 Å². The zero-order valence-corrected chi connectivity index (χ0v) is 18.8. The Balaban J connectivity index is 1.69. The van der Waals surface area contributed by atoms with Crippen LogP contribution in [0.1, 0.15) is 25.0 Å². The number of benzene rings is 1. The van der Waals surface area contributed by atoms with Gasteiger partial charge in [-0.2, -0.15) is 0 Å². The summed E-state index contributed by atoms with van der Waals surface area (Å²) in [5.41, 5.74) is 2.21. The number of aromatic nitrogens is 1. The molecule has 8 nitrogen and oxygen atoms in total. The van der Waals surface area contributed by atoms with E-state index in [2.05, 4.69) is 15.2 Å². The Hall–Kier alpha value is -2.17. The molecule has 0 atom stereocenters. The van der Waals surface area contributed by atoms with E-state index in [1.807, 2.05) is 24.3 Å². The zero-order valence-electron chi connectivity index (χ0n) is 17.2. The molecule has 1 aromatic heterocycles. The number of anilines is 3. The lowest BCUT2D eigenvalue weighted by atomic mass is 10.1. The molecule has 2 amide bonds. The summed E-state index contributed by atoms with van der Waals surface area (Å²) in [6.45, 7) is 3.76. The molecule has 29 heavy (non-hydrogen) atoms. The van der Waals surface area contributed by atoms with Gasteiger partial charge in [0.25, 0.3) is 10.0 Å². The largest absolute Gasteiger partial charge is 0.372 e. The van der Waals surface area contributed by atoms with E-state index in [-0.39, 0.29) is 10.2 Å². The van der Waals surface area contributed by atoms with Gasteiger partial charge in [-0.15, -0.1) is 0 Å². The molecule has 0 aliphatic carbocycles. The predicted molar refractivity (Wildman–Crippen MR) is 118 cm³/mol. The van der Waals surface area contributed by atoms with Gasteiger partial charge in [0.15, 0.2) is 9.34 Å². The molecule has 1 aliphatic rings. The van der Waals surface area contributed by atoms with Crippen molar-refractivity contribution in [2.45, 2.75) is 30.4 Å². The van der Waals surface area contributed by atoms with Crippen molar-refractivity contribution in [2.24, 2.45) is 0 Å². The summed E-state index contributed by atoms with van der Waals surface area (Å²) in [6.07, 6.45) is 3.70. The van der Waals surface area contributed by atoms with Gasteiger partial charge in [0.1, 0.15) is 0 Å². The van der Waals surface area contributed by atoms with Crippen molar-refractivity contribution in [1.82, 2.24) is 9.29 Å². The van der Waals surface area contributed by atoms with Crippen molar-refractivity contribution in [3.05, 3.63) is 30.0 Å². The van der Waals surface area contributed by atoms with Gasteiger partial charge in [-0.1, -0.05) is 11.3 Å². The molecule has 1 N–H and O–H groups in total. The van der Waals surface area contributed by atoms with E-state index in [0.717, 1.165) is 34.4 Å². The quantitative estimate of drug-likeness (QED) is 0.775. The molecule has 1 aromatic carbocycles. The molecule has 0 unspecified atom stereocenters. The first kappa shape index (κ1) is 21.5. The maximum absolute atomic E-state index is 12.6. The molecule has 1 fully saturated rings. The minimum atomic E-state index is -3.59. The van der Waals surface area contributed by atoms with Gasteiger partial charge in [0.05, 0.1) is 5.69 Å². The van der Waals surface area contributed by atoms with Gasteiger partial charge < -0.3 is 10.2 Å². The number of carbonyl (C=O) groups is 1. The summed E-state index contributed by atoms with van der Waals surface area (Å²) in [5.74, 6) is 0. The van der Waals surface area contributed by atoms with Crippen molar-refractivity contribution in [3.63, 3.8) is 0 Å². The molecule has 10 heteroatoms. The van der Waals surface area contributed by atoms with Gasteiger partial charge in [-0.05, 0) is 50.5 Å². The van der Waals surface area contributed by atoms with E-state index in [1.54, 1.807) is 14.0 Å². The van der Waals surface area contributed by atoms with Gasteiger partial charge in [0.2, 0.25) is 0 Å². The standard InChI is InChI=1S/C19H27N5O3S2/c1-14-17(29(26,27)22(2)3)28-19(20-14)23(4)18(25)21-15-8-10-16(11-9-15)24-12-6-5-7-13-24/h8-11H,5-7,12-13H2,1-4H3,(H,21,25). The Morgan fingerprint density at radius 1 is 1.10 bits per heavy atom. The van der Waals surface area contributed by atoms with E-state index >= 15 is 0 Å². The molecular weight excluding hydrogens is 410 g/mol. The third kappa shape index (κ3) is 4.71. The van der Waals surface area contributed by atoms with Crippen LogP contribution in [0.3, 0.4) is 0 Å². The van der Waals surface area contributed by atoms with Crippen molar-refractivity contribution >= 4 is 43.9 Å². The van der Waals surface area contributed by atoms with Crippen LogP contribution in [0.2, 0.25) is 0 Å². The van der Waals surface area contributed by atoms with Crippen molar-refractivity contribution in [2.75, 3.05) is 49.3 Å². The minimum absolute atomic E-state index is 0.142. The van der Waals surface area contributed by atoms with Crippen LogP contribution < -0.4 is 15.1 Å². The molecule has 0 bridgehead atoms. The summed E-state index contributed by atoms with van der Waals surface area (Å²) in [6, 6.07) is 7.40. The number of rotatable bonds is 5. The van der Waals surface area contributed by atoms with Crippen LogP contribution in [0, 0.1) is 6.92 Å². The summed E-state index contributed by atoms with van der Waals surface area (Å²) in [5, 5.41) is 3.16. The third-order valence-electron chi connectivity index (χ3n) is 4.89. The molecule has 158 valence electrons. The second-order valence-corrected chi connectivity index (χ2v) is 10.6. The number of thiazole rings is 1. The fraction of sp³-hybridized carbons (Fsp3) is 0.474. The summed E-state index contributed by atoms with van der Waals surface area (Å²) in [4.78, 5) is 20.6. The minimum Gasteiger partial charge on any atom is -0.372 e. The normalized spacial score (nSPS) is 14.9. The lowest BCUT2D eigenvalue weighted by molar-refractivity contribution is 0.258. The van der Waals surface area contributed by atoms with Crippen LogP contribution >= 0.6 is 11.3 Å². The van der Waals surface area contributed by atoms with Crippen molar-refractivity contribution in [1.29, 1.82) is 0 Å². The maximum atomic E-state index is 12.6. The summed E-state index contributed by atoms with van der Waals surface area (Å²) >= 11 is 0.981. The topological polar surface area (TPSA) is 85.9 Å². The van der Waals surface area contributed by atoms with Gasteiger partial charge in [-0.3, -0.25) is 4.90 Å². The molecule has 1 saturated heterocycles. The number of aryl methyl sites for hydroxylation is 1. The molecule has 3 rings (SSSR count). The van der Waals surface area contributed by atoms with Crippen LogP contribution in [-0.4, -0.2) is 58.0 Å². The van der Waals surface area contributed by atoms with Crippen LogP contribution in [0.25, 0.3) is 0 Å². The van der Waals surface area contributed by atoms with Gasteiger partial charge in [-0.25, -0.2) is 22.5 Å². The number of hydrogen-bond acceptors (Lipinski definition) is 6. The van der Waals surface area contributed by atoms with Crippen molar-refractivity contribution in [3.8, 4) is 0 Å². The van der Waals surface area contributed by atoms with E-state index in [1.165, 1.54) is 38.3 Å². The molecule has 1 aliphatic heterocycles. The van der Waals surface area contributed by atoms with Crippen molar-refractivity contribution < 1.29 is 13.2 Å². The Morgan fingerprint density at radius 3 is 2.31 bits per heavy atom. The van der Waals surface area contributed by atoms with Gasteiger partial charge >= 0.3 is 6.03 Å². The molecular formula is C19H27N5O3S2. The number of carbonyl (C=O) groups excluding carboxylic acids is 1. The fourth-order valence-electron chi connectivity index (χ4n) is 3.12. The molecule has 2 aromatic rings. The van der Waals surface area contributed by atoms with E-state index in [9.17, 15) is 13.2 Å². The number of piperidine rings is 1. The number of amides is 2. The highest BCUT2D eigenvalue weighted by Gasteiger charge is 2.26. The molecule has 2 heterocycles.